The molecule has 342 valence electrons. The molecule has 0 radical (unpaired) electrons. The third kappa shape index (κ3) is 14.3. The predicted molar refractivity (Wildman–Crippen MR) is 249 cm³/mol. The number of carbonyl (C=O) groups excluding carboxylic acids is 2. The summed E-state index contributed by atoms with van der Waals surface area (Å²) >= 11 is 0. The molecule has 2 saturated carbocycles. The molecular weight excluding hydrogens is 825 g/mol. The van der Waals surface area contributed by atoms with Gasteiger partial charge in [-0.25, -0.2) is 17.9 Å². The summed E-state index contributed by atoms with van der Waals surface area (Å²) in [5.41, 5.74) is 0.192. The molecule has 0 heterocycles. The summed E-state index contributed by atoms with van der Waals surface area (Å²) < 4.78 is 45.8. The van der Waals surface area contributed by atoms with Gasteiger partial charge in [0, 0.05) is 30.6 Å². The number of imide groups is 1. The van der Waals surface area contributed by atoms with E-state index in [0.29, 0.717) is 24.8 Å². The van der Waals surface area contributed by atoms with E-state index in [1.807, 2.05) is 30.3 Å². The van der Waals surface area contributed by atoms with E-state index in [1.54, 1.807) is 4.90 Å². The molecule has 0 saturated heterocycles. The second-order valence-corrected chi connectivity index (χ2v) is 31.7. The summed E-state index contributed by atoms with van der Waals surface area (Å²) in [6.45, 7) is 21.8. The summed E-state index contributed by atoms with van der Waals surface area (Å²) in [4.78, 5) is 40.3. The first kappa shape index (κ1) is 50.7. The molecule has 0 aromatic heterocycles. The van der Waals surface area contributed by atoms with Crippen LogP contribution < -0.4 is 10.0 Å². The van der Waals surface area contributed by atoms with Gasteiger partial charge >= 0.3 is 6.03 Å². The van der Waals surface area contributed by atoms with E-state index in [0.717, 1.165) is 57.8 Å². The Hall–Kier alpha value is -2.96. The van der Waals surface area contributed by atoms with Crippen molar-refractivity contribution < 1.29 is 31.8 Å². The van der Waals surface area contributed by atoms with Gasteiger partial charge in [-0.1, -0.05) is 129 Å². The van der Waals surface area contributed by atoms with Gasteiger partial charge in [-0.3, -0.25) is 19.8 Å². The maximum Gasteiger partial charge on any atom is 0.324 e. The number of nitrogens with one attached hydrogen (secondary N) is 2. The molecule has 0 spiro atoms. The Morgan fingerprint density at radius 2 is 1.31 bits per heavy atom. The number of rotatable bonds is 19. The van der Waals surface area contributed by atoms with Crippen LogP contribution in [0.2, 0.25) is 36.3 Å². The maximum absolute atomic E-state index is 14.2. The van der Waals surface area contributed by atoms with Crippen LogP contribution in [0.4, 0.5) is 10.5 Å². The molecule has 2 fully saturated rings. The smallest absolute Gasteiger partial charge is 0.324 e. The highest BCUT2D eigenvalue weighted by Crippen LogP contribution is 2.43. The lowest BCUT2D eigenvalue weighted by molar-refractivity contribution is -0.387. The minimum absolute atomic E-state index is 0.0853. The molecule has 12 nitrogen and oxygen atoms in total. The summed E-state index contributed by atoms with van der Waals surface area (Å²) in [7, 11) is -9.39. The molecule has 2 aromatic rings. The van der Waals surface area contributed by atoms with Crippen LogP contribution in [0.15, 0.2) is 59.5 Å². The Bertz CT molecular complexity index is 1850. The van der Waals surface area contributed by atoms with E-state index >= 15 is 0 Å². The monoisotopic (exact) mass is 900 g/mol. The van der Waals surface area contributed by atoms with Crippen LogP contribution in [0.1, 0.15) is 149 Å². The molecule has 3 amide bonds. The first-order valence-electron chi connectivity index (χ1n) is 22.7. The SMILES string of the molecule is CC(C)(C)[Si](C)(C)O[C@H](CCCCC(=O)N(C(=O)NC1CCCCC1)C1CCCCC1)[C@@H](C[C@@H](NS(=O)(=O)c1ccccc1[N+](=O)[O-])c1ccccc1)O[Si](C)(C)C(C)(C)C. The van der Waals surface area contributed by atoms with Gasteiger partial charge in [0.2, 0.25) is 15.9 Å². The number of para-hydroxylation sites is 1. The topological polar surface area (TPSA) is 157 Å². The van der Waals surface area contributed by atoms with Crippen molar-refractivity contribution in [2.24, 2.45) is 0 Å². The maximum atomic E-state index is 14.2. The normalized spacial score (nSPS) is 17.9. The molecular formula is C46H76N4O8SSi2. The van der Waals surface area contributed by atoms with Gasteiger partial charge < -0.3 is 14.2 Å². The molecule has 2 aliphatic rings. The van der Waals surface area contributed by atoms with Crippen LogP contribution in [-0.2, 0) is 23.7 Å². The third-order valence-corrected chi connectivity index (χ3v) is 24.3. The summed E-state index contributed by atoms with van der Waals surface area (Å²) in [5.74, 6) is -0.135. The Morgan fingerprint density at radius 1 is 0.787 bits per heavy atom. The van der Waals surface area contributed by atoms with Crippen molar-refractivity contribution in [1.29, 1.82) is 0 Å². The number of hydrogen-bond acceptors (Lipinski definition) is 8. The number of nitro benzene ring substituents is 1. The first-order valence-corrected chi connectivity index (χ1v) is 30.0. The van der Waals surface area contributed by atoms with E-state index in [-0.39, 0.29) is 46.9 Å². The van der Waals surface area contributed by atoms with E-state index in [1.165, 1.54) is 30.7 Å². The standard InChI is InChI=1S/C46H76N4O8SSi2/c1-45(2,3)60(7,8)57-40(31-21-23-33-43(51)49(37-28-18-13-19-29-37)44(52)47-36-26-16-12-17-27-36)41(58-61(9,10)46(4,5)6)34-38(35-24-14-11-15-25-35)48-59(55,56)42-32-22-20-30-39(42)50(53)54/h11,14-15,20,22,24-25,30,32,36-38,40-41,48H,12-13,16-19,21,23,26-29,31,33-34H2,1-10H3,(H,47,52)/t38-,40-,41-/m1/s1. The van der Waals surface area contributed by atoms with Crippen molar-refractivity contribution in [2.45, 2.75) is 209 Å². The summed E-state index contributed by atoms with van der Waals surface area (Å²) in [6.07, 6.45) is 11.2. The molecule has 2 aromatic carbocycles. The molecule has 0 aliphatic heterocycles. The largest absolute Gasteiger partial charge is 0.411 e. The summed E-state index contributed by atoms with van der Waals surface area (Å²) in [5, 5.41) is 14.9. The number of nitrogens with zero attached hydrogens (tertiary/aromatic N) is 2. The zero-order chi connectivity index (χ0) is 45.2. The van der Waals surface area contributed by atoms with Gasteiger partial charge in [0.25, 0.3) is 5.69 Å². The number of nitro groups is 1. The predicted octanol–water partition coefficient (Wildman–Crippen LogP) is 11.5. The van der Waals surface area contributed by atoms with Gasteiger partial charge in [0.15, 0.2) is 21.5 Å². The van der Waals surface area contributed by atoms with Gasteiger partial charge in [-0.05, 0) is 92.8 Å². The number of sulfonamides is 1. The van der Waals surface area contributed by atoms with Crippen LogP contribution in [-0.4, -0.2) is 71.1 Å². The van der Waals surface area contributed by atoms with Crippen molar-refractivity contribution in [3.63, 3.8) is 0 Å². The molecule has 2 aliphatic carbocycles. The number of urea groups is 1. The first-order chi connectivity index (χ1) is 28.4. The van der Waals surface area contributed by atoms with Crippen molar-refractivity contribution >= 4 is 44.3 Å². The molecule has 61 heavy (non-hydrogen) atoms. The lowest BCUT2D eigenvalue weighted by Gasteiger charge is -2.46. The molecule has 0 bridgehead atoms. The fraction of sp³-hybridized carbons (Fsp3) is 0.696. The third-order valence-electron chi connectivity index (χ3n) is 13.7. The molecule has 4 rings (SSSR count). The van der Waals surface area contributed by atoms with Gasteiger partial charge in [0.05, 0.1) is 17.1 Å². The number of hydrogen-bond donors (Lipinski definition) is 2. The number of benzene rings is 2. The van der Waals surface area contributed by atoms with Crippen LogP contribution in [0.3, 0.4) is 0 Å². The zero-order valence-corrected chi connectivity index (χ0v) is 41.6. The van der Waals surface area contributed by atoms with E-state index in [2.05, 4.69) is 77.8 Å². The highest BCUT2D eigenvalue weighted by atomic mass is 32.2. The van der Waals surface area contributed by atoms with Crippen LogP contribution >= 0.6 is 0 Å². The van der Waals surface area contributed by atoms with Gasteiger partial charge in [-0.2, -0.15) is 0 Å². The Morgan fingerprint density at radius 3 is 1.87 bits per heavy atom. The van der Waals surface area contributed by atoms with Crippen molar-refractivity contribution in [3.8, 4) is 0 Å². The average molecular weight is 901 g/mol. The minimum atomic E-state index is -4.39. The quantitative estimate of drug-likeness (QED) is 0.0610. The van der Waals surface area contributed by atoms with Crippen LogP contribution in [0.25, 0.3) is 0 Å². The van der Waals surface area contributed by atoms with E-state index in [4.69, 9.17) is 8.85 Å². The second kappa shape index (κ2) is 21.6. The highest BCUT2D eigenvalue weighted by Gasteiger charge is 2.46. The minimum Gasteiger partial charge on any atom is -0.411 e. The van der Waals surface area contributed by atoms with E-state index in [9.17, 15) is 28.1 Å². The molecule has 15 heteroatoms. The molecule has 2 N–H and O–H groups in total. The van der Waals surface area contributed by atoms with Crippen molar-refractivity contribution in [2.75, 3.05) is 0 Å². The Kier molecular flexibility index (Phi) is 18.0. The average Bonchev–Trinajstić information content (AvgIpc) is 3.18. The van der Waals surface area contributed by atoms with Crippen molar-refractivity contribution in [1.82, 2.24) is 14.9 Å². The van der Waals surface area contributed by atoms with Crippen LogP contribution in [0.5, 0.6) is 0 Å². The molecule has 3 atom stereocenters. The number of amides is 3. The fourth-order valence-corrected chi connectivity index (χ4v) is 12.2. The fourth-order valence-electron chi connectivity index (χ4n) is 8.02. The lowest BCUT2D eigenvalue weighted by atomic mass is 9.93. The highest BCUT2D eigenvalue weighted by molar-refractivity contribution is 7.89. The Labute approximate surface area is 369 Å². The van der Waals surface area contributed by atoms with Gasteiger partial charge in [-0.15, -0.1) is 0 Å². The number of unbranched alkanes of at least 4 members (excludes halogenated alkanes) is 1. The lowest BCUT2D eigenvalue weighted by Crippen LogP contribution is -2.53. The number of carbonyl (C=O) groups is 2. The summed E-state index contributed by atoms with van der Waals surface area (Å²) in [6, 6.07) is 13.6. The van der Waals surface area contributed by atoms with Crippen molar-refractivity contribution in [3.05, 3.63) is 70.3 Å². The molecule has 0 unspecified atom stereocenters. The second-order valence-electron chi connectivity index (χ2n) is 20.5. The Balaban J connectivity index is 1.67. The van der Waals surface area contributed by atoms with Gasteiger partial charge in [0.1, 0.15) is 0 Å². The van der Waals surface area contributed by atoms with E-state index < -0.39 is 60.4 Å². The van der Waals surface area contributed by atoms with Crippen LogP contribution in [0, 0.1) is 10.1 Å². The zero-order valence-electron chi connectivity index (χ0n) is 38.8.